The van der Waals surface area contributed by atoms with Crippen molar-refractivity contribution in [2.24, 2.45) is 5.16 Å². The summed E-state index contributed by atoms with van der Waals surface area (Å²) in [5, 5.41) is 12.8. The van der Waals surface area contributed by atoms with Gasteiger partial charge in [0, 0.05) is 0 Å². The number of hydrogen-bond donors (Lipinski definition) is 1. The van der Waals surface area contributed by atoms with E-state index in [1.165, 1.54) is 5.06 Å². The van der Waals surface area contributed by atoms with Crippen molar-refractivity contribution in [1.82, 2.24) is 0 Å². The highest BCUT2D eigenvalue weighted by Crippen LogP contribution is 2.20. The number of anilines is 1. The van der Waals surface area contributed by atoms with Crippen molar-refractivity contribution in [2.45, 2.75) is 13.3 Å². The van der Waals surface area contributed by atoms with Crippen LogP contribution in [0.4, 0.5) is 5.69 Å². The van der Waals surface area contributed by atoms with Crippen LogP contribution in [-0.2, 0) is 9.63 Å². The summed E-state index contributed by atoms with van der Waals surface area (Å²) in [6.07, 6.45) is 0.0877. The van der Waals surface area contributed by atoms with E-state index in [1.54, 1.807) is 6.07 Å². The first-order chi connectivity index (χ1) is 7.70. The molecule has 5 heteroatoms. The molecule has 0 unspecified atom stereocenters. The normalized spacial score (nSPS) is 19.2. The van der Waals surface area contributed by atoms with Gasteiger partial charge >= 0.3 is 0 Å². The molecule has 1 aromatic carbocycles. The van der Waals surface area contributed by atoms with Gasteiger partial charge in [-0.3, -0.25) is 9.63 Å². The largest absolute Gasteiger partial charge is 0.411 e. The predicted molar refractivity (Wildman–Crippen MR) is 58.5 cm³/mol. The number of hydrogen-bond acceptors (Lipinski definition) is 4. The average molecular weight is 220 g/mol. The molecule has 16 heavy (non-hydrogen) atoms. The Kier molecular flexibility index (Phi) is 2.87. The minimum atomic E-state index is -0.232. The Bertz CT molecular complexity index is 443. The van der Waals surface area contributed by atoms with Crippen LogP contribution >= 0.6 is 0 Å². The lowest BCUT2D eigenvalue weighted by Crippen LogP contribution is -2.40. The summed E-state index contributed by atoms with van der Waals surface area (Å²) >= 11 is 0. The maximum Gasteiger partial charge on any atom is 0.256 e. The van der Waals surface area contributed by atoms with Crippen molar-refractivity contribution in [3.8, 4) is 0 Å². The Morgan fingerprint density at radius 1 is 1.50 bits per heavy atom. The third-order valence-corrected chi connectivity index (χ3v) is 2.32. The summed E-state index contributed by atoms with van der Waals surface area (Å²) in [5.74, 6) is -0.232. The van der Waals surface area contributed by atoms with Gasteiger partial charge in [0.05, 0.1) is 17.8 Å². The zero-order valence-electron chi connectivity index (χ0n) is 8.88. The van der Waals surface area contributed by atoms with Crippen molar-refractivity contribution in [3.05, 3.63) is 29.8 Å². The molecule has 0 atom stereocenters. The monoisotopic (exact) mass is 220 g/mol. The van der Waals surface area contributed by atoms with Gasteiger partial charge in [0.25, 0.3) is 5.91 Å². The molecule has 1 saturated heterocycles. The van der Waals surface area contributed by atoms with Gasteiger partial charge in [-0.2, -0.15) is 5.06 Å². The first-order valence-corrected chi connectivity index (χ1v) is 4.93. The number of amides is 1. The predicted octanol–water partition coefficient (Wildman–Crippen LogP) is 1.49. The third-order valence-electron chi connectivity index (χ3n) is 2.32. The van der Waals surface area contributed by atoms with E-state index in [2.05, 4.69) is 5.16 Å². The highest BCUT2D eigenvalue weighted by molar-refractivity contribution is 6.08. The van der Waals surface area contributed by atoms with Gasteiger partial charge in [-0.05, 0) is 24.6 Å². The van der Waals surface area contributed by atoms with Crippen LogP contribution in [0.5, 0.6) is 0 Å². The second-order valence-electron chi connectivity index (χ2n) is 3.64. The summed E-state index contributed by atoms with van der Waals surface area (Å²) in [6, 6.07) is 7.46. The molecule has 0 aromatic heterocycles. The fraction of sp³-hybridized carbons (Fsp3) is 0.273. The number of oxime groups is 1. The molecule has 0 bridgehead atoms. The van der Waals surface area contributed by atoms with Crippen LogP contribution in [0.25, 0.3) is 0 Å². The molecule has 0 saturated carbocycles. The summed E-state index contributed by atoms with van der Waals surface area (Å²) in [6.45, 7) is 2.08. The van der Waals surface area contributed by atoms with E-state index in [0.717, 1.165) is 5.56 Å². The van der Waals surface area contributed by atoms with Crippen LogP contribution < -0.4 is 5.06 Å². The molecule has 1 amide bonds. The molecule has 1 heterocycles. The van der Waals surface area contributed by atoms with Crippen LogP contribution in [0.1, 0.15) is 12.0 Å². The molecular formula is C11H12N2O3. The van der Waals surface area contributed by atoms with Gasteiger partial charge < -0.3 is 5.21 Å². The van der Waals surface area contributed by atoms with Gasteiger partial charge in [0.2, 0.25) is 0 Å². The molecule has 2 rings (SSSR count). The van der Waals surface area contributed by atoms with Gasteiger partial charge in [0.15, 0.2) is 0 Å². The van der Waals surface area contributed by atoms with E-state index < -0.39 is 0 Å². The molecular weight excluding hydrogens is 208 g/mol. The van der Waals surface area contributed by atoms with E-state index in [-0.39, 0.29) is 18.9 Å². The first kappa shape index (κ1) is 10.6. The van der Waals surface area contributed by atoms with Crippen LogP contribution in [0.3, 0.4) is 0 Å². The van der Waals surface area contributed by atoms with Crippen LogP contribution in [0.2, 0.25) is 0 Å². The molecule has 1 aliphatic rings. The number of rotatable bonds is 1. The van der Waals surface area contributed by atoms with E-state index in [0.29, 0.717) is 11.4 Å². The lowest BCUT2D eigenvalue weighted by atomic mass is 10.2. The first-order valence-electron chi connectivity index (χ1n) is 4.93. The summed E-state index contributed by atoms with van der Waals surface area (Å²) in [7, 11) is 0. The number of nitrogens with zero attached hydrogens (tertiary/aromatic N) is 2. The molecule has 0 aliphatic carbocycles. The maximum atomic E-state index is 11.7. The highest BCUT2D eigenvalue weighted by Gasteiger charge is 2.25. The smallest absolute Gasteiger partial charge is 0.256 e. The average Bonchev–Trinajstić information content (AvgIpc) is 2.28. The van der Waals surface area contributed by atoms with E-state index in [9.17, 15) is 4.79 Å². The minimum absolute atomic E-state index is 0.0877. The van der Waals surface area contributed by atoms with Crippen LogP contribution in [0, 0.1) is 6.92 Å². The number of aryl methyl sites for hydroxylation is 1. The lowest BCUT2D eigenvalue weighted by Gasteiger charge is -2.26. The van der Waals surface area contributed by atoms with Crippen molar-refractivity contribution in [1.29, 1.82) is 0 Å². The summed E-state index contributed by atoms with van der Waals surface area (Å²) < 4.78 is 0. The Hall–Kier alpha value is -1.88. The Morgan fingerprint density at radius 2 is 2.31 bits per heavy atom. The standard InChI is InChI=1S/C11H12N2O3/c1-8-3-2-4-10(5-8)13-11(14)6-9(12-15)7-16-13/h2-5,15H,6-7H2,1H3. The van der Waals surface area contributed by atoms with Gasteiger partial charge in [-0.25, -0.2) is 0 Å². The second kappa shape index (κ2) is 4.32. The van der Waals surface area contributed by atoms with E-state index in [1.807, 2.05) is 25.1 Å². The molecule has 84 valence electrons. The minimum Gasteiger partial charge on any atom is -0.411 e. The topological polar surface area (TPSA) is 62.1 Å². The quantitative estimate of drug-likeness (QED) is 0.576. The second-order valence-corrected chi connectivity index (χ2v) is 3.64. The van der Waals surface area contributed by atoms with Crippen molar-refractivity contribution >= 4 is 17.3 Å². The fourth-order valence-electron chi connectivity index (χ4n) is 1.55. The molecule has 1 N–H and O–H groups in total. The molecule has 0 radical (unpaired) electrons. The highest BCUT2D eigenvalue weighted by atomic mass is 16.7. The number of carbonyl (C=O) groups excluding carboxylic acids is 1. The van der Waals surface area contributed by atoms with Gasteiger partial charge in [-0.1, -0.05) is 17.3 Å². The Morgan fingerprint density at radius 3 is 2.94 bits per heavy atom. The fourth-order valence-corrected chi connectivity index (χ4v) is 1.55. The molecule has 1 fully saturated rings. The molecule has 5 nitrogen and oxygen atoms in total. The molecule has 0 spiro atoms. The molecule has 1 aliphatic heterocycles. The van der Waals surface area contributed by atoms with Crippen LogP contribution in [-0.4, -0.2) is 23.4 Å². The van der Waals surface area contributed by atoms with Crippen LogP contribution in [0.15, 0.2) is 29.4 Å². The number of carbonyl (C=O) groups is 1. The van der Waals surface area contributed by atoms with Gasteiger partial charge in [-0.15, -0.1) is 0 Å². The van der Waals surface area contributed by atoms with E-state index >= 15 is 0 Å². The Balaban J connectivity index is 2.20. The van der Waals surface area contributed by atoms with Gasteiger partial charge in [0.1, 0.15) is 6.61 Å². The summed E-state index contributed by atoms with van der Waals surface area (Å²) in [5.41, 5.74) is 2.09. The number of benzene rings is 1. The zero-order chi connectivity index (χ0) is 11.5. The Labute approximate surface area is 92.9 Å². The number of hydroxylamine groups is 1. The van der Waals surface area contributed by atoms with Crippen molar-refractivity contribution in [2.75, 3.05) is 11.7 Å². The SMILES string of the molecule is Cc1cccc(N2OCC(=NO)CC2=O)c1. The molecule has 1 aromatic rings. The summed E-state index contributed by atoms with van der Waals surface area (Å²) in [4.78, 5) is 16.9. The van der Waals surface area contributed by atoms with Crippen molar-refractivity contribution in [3.63, 3.8) is 0 Å². The maximum absolute atomic E-state index is 11.7. The third kappa shape index (κ3) is 2.04. The van der Waals surface area contributed by atoms with Crippen molar-refractivity contribution < 1.29 is 14.8 Å². The lowest BCUT2D eigenvalue weighted by molar-refractivity contribution is -0.125. The zero-order valence-corrected chi connectivity index (χ0v) is 8.88. The van der Waals surface area contributed by atoms with E-state index in [4.69, 9.17) is 10.0 Å².